The minimum atomic E-state index is 0.134. The maximum atomic E-state index is 6.23. The van der Waals surface area contributed by atoms with Crippen LogP contribution < -0.4 is 4.74 Å². The number of ether oxygens (including phenoxy) is 1. The SMILES string of the molecule is CCCC(C)(C)c1cc(CC)c(Cl)cc1OC. The van der Waals surface area contributed by atoms with E-state index < -0.39 is 0 Å². The summed E-state index contributed by atoms with van der Waals surface area (Å²) in [4.78, 5) is 0. The first-order chi connectivity index (χ1) is 7.96. The van der Waals surface area contributed by atoms with Crippen molar-refractivity contribution < 1.29 is 4.74 Å². The Hall–Kier alpha value is -0.690. The highest BCUT2D eigenvalue weighted by atomic mass is 35.5. The average Bonchev–Trinajstić information content (AvgIpc) is 2.28. The van der Waals surface area contributed by atoms with E-state index in [1.54, 1.807) is 7.11 Å². The zero-order chi connectivity index (χ0) is 13.1. The number of rotatable bonds is 5. The third-order valence-electron chi connectivity index (χ3n) is 3.35. The predicted molar refractivity (Wildman–Crippen MR) is 75.3 cm³/mol. The van der Waals surface area contributed by atoms with Crippen LogP contribution in [0.1, 0.15) is 51.7 Å². The fraction of sp³-hybridized carbons (Fsp3) is 0.600. The molecule has 0 aromatic heterocycles. The summed E-state index contributed by atoms with van der Waals surface area (Å²) in [5.74, 6) is 0.908. The van der Waals surface area contributed by atoms with Gasteiger partial charge in [0.15, 0.2) is 0 Å². The molecule has 0 aliphatic rings. The Balaban J connectivity index is 3.29. The maximum Gasteiger partial charge on any atom is 0.124 e. The summed E-state index contributed by atoms with van der Waals surface area (Å²) in [5.41, 5.74) is 2.60. The first-order valence-electron chi connectivity index (χ1n) is 6.33. The fourth-order valence-electron chi connectivity index (χ4n) is 2.33. The third kappa shape index (κ3) is 3.16. The number of hydrogen-bond donors (Lipinski definition) is 0. The van der Waals surface area contributed by atoms with Gasteiger partial charge in [0.05, 0.1) is 7.11 Å². The second-order valence-electron chi connectivity index (χ2n) is 5.13. The Morgan fingerprint density at radius 1 is 1.24 bits per heavy atom. The molecule has 0 bridgehead atoms. The minimum absolute atomic E-state index is 0.134. The summed E-state index contributed by atoms with van der Waals surface area (Å²) in [6.07, 6.45) is 3.27. The summed E-state index contributed by atoms with van der Waals surface area (Å²) >= 11 is 6.23. The molecule has 0 aliphatic heterocycles. The lowest BCUT2D eigenvalue weighted by molar-refractivity contribution is 0.384. The van der Waals surface area contributed by atoms with Gasteiger partial charge in [0.2, 0.25) is 0 Å². The highest BCUT2D eigenvalue weighted by molar-refractivity contribution is 6.31. The highest BCUT2D eigenvalue weighted by Crippen LogP contribution is 2.38. The lowest BCUT2D eigenvalue weighted by Crippen LogP contribution is -2.18. The van der Waals surface area contributed by atoms with Crippen LogP contribution in [0.5, 0.6) is 5.75 Å². The number of methoxy groups -OCH3 is 1. The van der Waals surface area contributed by atoms with Gasteiger partial charge in [-0.3, -0.25) is 0 Å². The maximum absolute atomic E-state index is 6.23. The molecule has 0 N–H and O–H groups in total. The monoisotopic (exact) mass is 254 g/mol. The topological polar surface area (TPSA) is 9.23 Å². The van der Waals surface area contributed by atoms with Crippen LogP contribution in [0, 0.1) is 0 Å². The molecule has 96 valence electrons. The summed E-state index contributed by atoms with van der Waals surface area (Å²) in [5, 5.41) is 0.806. The standard InChI is InChI=1S/C15H23ClO/c1-6-8-15(3,4)12-9-11(7-2)13(16)10-14(12)17-5/h9-10H,6-8H2,1-5H3. The molecule has 0 atom stereocenters. The number of hydrogen-bond acceptors (Lipinski definition) is 1. The van der Waals surface area contributed by atoms with Gasteiger partial charge in [-0.2, -0.15) is 0 Å². The smallest absolute Gasteiger partial charge is 0.124 e. The summed E-state index contributed by atoms with van der Waals surface area (Å²) in [7, 11) is 1.71. The van der Waals surface area contributed by atoms with Crippen LogP contribution in [0.4, 0.5) is 0 Å². The second kappa shape index (κ2) is 5.77. The number of benzene rings is 1. The third-order valence-corrected chi connectivity index (χ3v) is 3.71. The molecule has 0 unspecified atom stereocenters. The van der Waals surface area contributed by atoms with Crippen molar-refractivity contribution in [2.45, 2.75) is 52.4 Å². The van der Waals surface area contributed by atoms with Crippen LogP contribution in [-0.2, 0) is 11.8 Å². The van der Waals surface area contributed by atoms with Crippen molar-refractivity contribution in [1.29, 1.82) is 0 Å². The van der Waals surface area contributed by atoms with Gasteiger partial charge < -0.3 is 4.74 Å². The molecule has 1 aromatic carbocycles. The quantitative estimate of drug-likeness (QED) is 0.719. The molecule has 1 rings (SSSR count). The van der Waals surface area contributed by atoms with Crippen molar-refractivity contribution >= 4 is 11.6 Å². The van der Waals surface area contributed by atoms with E-state index in [1.165, 1.54) is 17.5 Å². The van der Waals surface area contributed by atoms with Gasteiger partial charge >= 0.3 is 0 Å². The first kappa shape index (κ1) is 14.4. The van der Waals surface area contributed by atoms with Crippen molar-refractivity contribution in [2.24, 2.45) is 0 Å². The van der Waals surface area contributed by atoms with Crippen LogP contribution in [-0.4, -0.2) is 7.11 Å². The zero-order valence-corrected chi connectivity index (χ0v) is 12.3. The van der Waals surface area contributed by atoms with Crippen molar-refractivity contribution in [1.82, 2.24) is 0 Å². The Labute approximate surface area is 110 Å². The Morgan fingerprint density at radius 2 is 1.88 bits per heavy atom. The van der Waals surface area contributed by atoms with Gasteiger partial charge in [0.1, 0.15) is 5.75 Å². The van der Waals surface area contributed by atoms with Crippen molar-refractivity contribution in [2.75, 3.05) is 7.11 Å². The van der Waals surface area contributed by atoms with E-state index in [4.69, 9.17) is 16.3 Å². The van der Waals surface area contributed by atoms with Crippen LogP contribution in [0.15, 0.2) is 12.1 Å². The summed E-state index contributed by atoms with van der Waals surface area (Å²) in [6.45, 7) is 8.87. The van der Waals surface area contributed by atoms with Gasteiger partial charge in [-0.1, -0.05) is 51.8 Å². The molecular formula is C15H23ClO. The molecule has 0 saturated carbocycles. The van der Waals surface area contributed by atoms with E-state index >= 15 is 0 Å². The Kier molecular flexibility index (Phi) is 4.88. The molecule has 0 radical (unpaired) electrons. The molecule has 1 nitrogen and oxygen atoms in total. The lowest BCUT2D eigenvalue weighted by atomic mass is 9.79. The van der Waals surface area contributed by atoms with E-state index in [0.717, 1.165) is 23.6 Å². The van der Waals surface area contributed by atoms with Crippen LogP contribution in [0.3, 0.4) is 0 Å². The zero-order valence-electron chi connectivity index (χ0n) is 11.6. The molecule has 0 heterocycles. The first-order valence-corrected chi connectivity index (χ1v) is 6.71. The molecule has 1 aromatic rings. The molecule has 0 saturated heterocycles. The van der Waals surface area contributed by atoms with Crippen molar-refractivity contribution in [3.63, 3.8) is 0 Å². The summed E-state index contributed by atoms with van der Waals surface area (Å²) in [6, 6.07) is 4.16. The van der Waals surface area contributed by atoms with Gasteiger partial charge in [-0.15, -0.1) is 0 Å². The lowest BCUT2D eigenvalue weighted by Gasteiger charge is -2.27. The highest BCUT2D eigenvalue weighted by Gasteiger charge is 2.24. The molecule has 17 heavy (non-hydrogen) atoms. The van der Waals surface area contributed by atoms with Gasteiger partial charge in [-0.25, -0.2) is 0 Å². The van der Waals surface area contributed by atoms with Gasteiger partial charge in [0, 0.05) is 10.6 Å². The molecule has 0 fully saturated rings. The van der Waals surface area contributed by atoms with Gasteiger partial charge in [0.25, 0.3) is 0 Å². The average molecular weight is 255 g/mol. The molecule has 0 aliphatic carbocycles. The van der Waals surface area contributed by atoms with E-state index in [1.807, 2.05) is 6.07 Å². The largest absolute Gasteiger partial charge is 0.496 e. The van der Waals surface area contributed by atoms with E-state index in [-0.39, 0.29) is 5.41 Å². The minimum Gasteiger partial charge on any atom is -0.496 e. The van der Waals surface area contributed by atoms with E-state index in [0.29, 0.717) is 0 Å². The van der Waals surface area contributed by atoms with Crippen LogP contribution in [0.25, 0.3) is 0 Å². The molecule has 2 heteroatoms. The summed E-state index contributed by atoms with van der Waals surface area (Å²) < 4.78 is 5.47. The Morgan fingerprint density at radius 3 is 2.35 bits per heavy atom. The predicted octanol–water partition coefficient (Wildman–Crippen LogP) is 4.99. The second-order valence-corrected chi connectivity index (χ2v) is 5.54. The molecular weight excluding hydrogens is 232 g/mol. The van der Waals surface area contributed by atoms with Crippen molar-refractivity contribution in [3.05, 3.63) is 28.3 Å². The molecule has 0 amide bonds. The van der Waals surface area contributed by atoms with Gasteiger partial charge in [-0.05, 0) is 29.9 Å². The number of aryl methyl sites for hydroxylation is 1. The van der Waals surface area contributed by atoms with E-state index in [2.05, 4.69) is 33.8 Å². The number of halogens is 1. The fourth-order valence-corrected chi connectivity index (χ4v) is 2.62. The molecule has 0 spiro atoms. The van der Waals surface area contributed by atoms with Crippen LogP contribution >= 0.6 is 11.6 Å². The van der Waals surface area contributed by atoms with Crippen molar-refractivity contribution in [3.8, 4) is 5.75 Å². The van der Waals surface area contributed by atoms with E-state index in [9.17, 15) is 0 Å². The Bertz CT molecular complexity index is 383. The van der Waals surface area contributed by atoms with Crippen LogP contribution in [0.2, 0.25) is 5.02 Å². The normalized spacial score (nSPS) is 11.6.